The van der Waals surface area contributed by atoms with E-state index in [1.807, 2.05) is 0 Å². The van der Waals surface area contributed by atoms with Crippen LogP contribution in [0.15, 0.2) is 0 Å². The Hall–Kier alpha value is 1.56. The SMILES string of the molecule is CCCC[N+](CCCC)(CCCC)CCCC.O.[H-].[K+]. The van der Waals surface area contributed by atoms with Gasteiger partial charge in [-0.15, -0.1) is 0 Å². The molecule has 0 aliphatic carbocycles. The van der Waals surface area contributed by atoms with Crippen molar-refractivity contribution in [3.05, 3.63) is 0 Å². The van der Waals surface area contributed by atoms with Crippen LogP contribution in [-0.2, 0) is 0 Å². The summed E-state index contributed by atoms with van der Waals surface area (Å²) in [5.74, 6) is 0. The van der Waals surface area contributed by atoms with Crippen LogP contribution >= 0.6 is 0 Å². The van der Waals surface area contributed by atoms with Gasteiger partial charge in [0.1, 0.15) is 0 Å². The van der Waals surface area contributed by atoms with E-state index in [1.165, 1.54) is 82.0 Å². The normalized spacial score (nSPS) is 10.7. The Bertz CT molecular complexity index is 133. The zero-order valence-corrected chi connectivity index (χ0v) is 17.6. The molecule has 0 amide bonds. The smallest absolute Gasteiger partial charge is 1.00 e. The van der Waals surface area contributed by atoms with Gasteiger partial charge >= 0.3 is 51.4 Å². The second-order valence-electron chi connectivity index (χ2n) is 5.65. The second kappa shape index (κ2) is 17.6. The molecule has 0 bridgehead atoms. The number of nitrogens with zero attached hydrogens (tertiary/aromatic N) is 1. The maximum Gasteiger partial charge on any atom is 1.00 e. The molecule has 0 saturated heterocycles. The topological polar surface area (TPSA) is 31.5 Å². The Morgan fingerprint density at radius 3 is 0.947 bits per heavy atom. The van der Waals surface area contributed by atoms with Crippen molar-refractivity contribution < 1.29 is 62.8 Å². The third kappa shape index (κ3) is 13.0. The van der Waals surface area contributed by atoms with Crippen LogP contribution in [0.25, 0.3) is 0 Å². The molecule has 0 fully saturated rings. The monoisotopic (exact) mass is 300 g/mol. The van der Waals surface area contributed by atoms with E-state index < -0.39 is 0 Å². The van der Waals surface area contributed by atoms with Gasteiger partial charge in [-0.1, -0.05) is 53.4 Å². The van der Waals surface area contributed by atoms with Crippen LogP contribution < -0.4 is 51.4 Å². The minimum atomic E-state index is 0. The number of hydrogen-bond donors (Lipinski definition) is 0. The molecule has 0 aliphatic rings. The van der Waals surface area contributed by atoms with Crippen LogP contribution in [0.4, 0.5) is 0 Å². The molecule has 0 atom stereocenters. The van der Waals surface area contributed by atoms with E-state index in [-0.39, 0.29) is 58.3 Å². The van der Waals surface area contributed by atoms with Gasteiger partial charge in [0, 0.05) is 0 Å². The van der Waals surface area contributed by atoms with Gasteiger partial charge in [-0.05, 0) is 25.7 Å². The molecule has 19 heavy (non-hydrogen) atoms. The molecule has 0 aromatic rings. The van der Waals surface area contributed by atoms with Crippen LogP contribution in [0.2, 0.25) is 0 Å². The van der Waals surface area contributed by atoms with Gasteiger partial charge in [-0.3, -0.25) is 0 Å². The molecular weight excluding hydrogens is 261 g/mol. The minimum Gasteiger partial charge on any atom is -1.00 e. The largest absolute Gasteiger partial charge is 1.00 e. The molecule has 0 aromatic heterocycles. The quantitative estimate of drug-likeness (QED) is 0.384. The summed E-state index contributed by atoms with van der Waals surface area (Å²) in [6.07, 6.45) is 11.1. The molecule has 2 N–H and O–H groups in total. The van der Waals surface area contributed by atoms with E-state index in [2.05, 4.69) is 27.7 Å². The Morgan fingerprint density at radius 2 is 0.789 bits per heavy atom. The van der Waals surface area contributed by atoms with Crippen LogP contribution in [0.3, 0.4) is 0 Å². The first-order valence-electron chi connectivity index (χ1n) is 8.09. The molecular formula is C16H39KNO+. The first-order valence-corrected chi connectivity index (χ1v) is 8.09. The molecule has 0 spiro atoms. The summed E-state index contributed by atoms with van der Waals surface area (Å²) in [6, 6.07) is 0. The Kier molecular flexibility index (Phi) is 23.6. The predicted molar refractivity (Wildman–Crippen MR) is 84.1 cm³/mol. The van der Waals surface area contributed by atoms with Gasteiger partial charge in [0.05, 0.1) is 26.2 Å². The summed E-state index contributed by atoms with van der Waals surface area (Å²) in [7, 11) is 0. The van der Waals surface area contributed by atoms with E-state index in [1.54, 1.807) is 0 Å². The van der Waals surface area contributed by atoms with Crippen LogP contribution in [0.1, 0.15) is 80.5 Å². The minimum absolute atomic E-state index is 0. The van der Waals surface area contributed by atoms with E-state index in [0.29, 0.717) is 0 Å². The van der Waals surface area contributed by atoms with Crippen molar-refractivity contribution in [2.45, 2.75) is 79.1 Å². The van der Waals surface area contributed by atoms with E-state index in [0.717, 1.165) is 0 Å². The third-order valence-electron chi connectivity index (χ3n) is 3.94. The molecule has 0 aromatic carbocycles. The number of quaternary nitrogens is 1. The third-order valence-corrected chi connectivity index (χ3v) is 3.94. The van der Waals surface area contributed by atoms with Crippen molar-refractivity contribution in [3.63, 3.8) is 0 Å². The second-order valence-corrected chi connectivity index (χ2v) is 5.65. The van der Waals surface area contributed by atoms with Crippen molar-refractivity contribution in [1.82, 2.24) is 0 Å². The summed E-state index contributed by atoms with van der Waals surface area (Å²) in [4.78, 5) is 0. The van der Waals surface area contributed by atoms with E-state index >= 15 is 0 Å². The van der Waals surface area contributed by atoms with Gasteiger partial charge in [0.15, 0.2) is 0 Å². The fourth-order valence-electron chi connectivity index (χ4n) is 2.64. The molecule has 0 rings (SSSR count). The van der Waals surface area contributed by atoms with E-state index in [9.17, 15) is 0 Å². The molecule has 0 radical (unpaired) electrons. The van der Waals surface area contributed by atoms with Crippen molar-refractivity contribution >= 4 is 0 Å². The standard InChI is InChI=1S/C16H36N.K.H2O.H/c1-5-9-13-17(14-10-6-2,15-11-7-3)16-12-8-4;;;/h5-16H2,1-4H3;;1H2;/q2*+1;;-1. The van der Waals surface area contributed by atoms with Crippen molar-refractivity contribution in [2.24, 2.45) is 0 Å². The van der Waals surface area contributed by atoms with Crippen molar-refractivity contribution in [3.8, 4) is 0 Å². The summed E-state index contributed by atoms with van der Waals surface area (Å²) < 4.78 is 1.42. The van der Waals surface area contributed by atoms with Crippen LogP contribution in [-0.4, -0.2) is 36.1 Å². The molecule has 0 unspecified atom stereocenters. The number of rotatable bonds is 12. The average Bonchev–Trinajstić information content (AvgIpc) is 2.37. The van der Waals surface area contributed by atoms with Crippen molar-refractivity contribution in [1.29, 1.82) is 0 Å². The molecule has 0 aliphatic heterocycles. The maximum absolute atomic E-state index is 2.33. The van der Waals surface area contributed by atoms with Gasteiger partial charge in [-0.2, -0.15) is 0 Å². The van der Waals surface area contributed by atoms with E-state index in [4.69, 9.17) is 0 Å². The molecule has 2 nitrogen and oxygen atoms in total. The Labute approximate surface area is 166 Å². The molecule has 3 heteroatoms. The average molecular weight is 301 g/mol. The summed E-state index contributed by atoms with van der Waals surface area (Å²) in [5.41, 5.74) is 0. The van der Waals surface area contributed by atoms with Gasteiger partial charge in [-0.25, -0.2) is 0 Å². The van der Waals surface area contributed by atoms with Gasteiger partial charge in [0.25, 0.3) is 0 Å². The summed E-state index contributed by atoms with van der Waals surface area (Å²) in [5, 5.41) is 0. The molecule has 0 saturated carbocycles. The maximum atomic E-state index is 2.33. The van der Waals surface area contributed by atoms with Gasteiger partial charge in [0.2, 0.25) is 0 Å². The number of unbranched alkanes of at least 4 members (excludes halogenated alkanes) is 4. The van der Waals surface area contributed by atoms with Crippen LogP contribution in [0, 0.1) is 0 Å². The summed E-state index contributed by atoms with van der Waals surface area (Å²) >= 11 is 0. The zero-order valence-electron chi connectivity index (χ0n) is 15.4. The van der Waals surface area contributed by atoms with Crippen molar-refractivity contribution in [2.75, 3.05) is 26.2 Å². The molecule has 0 heterocycles. The molecule has 114 valence electrons. The van der Waals surface area contributed by atoms with Gasteiger partial charge < -0.3 is 11.4 Å². The first kappa shape index (κ1) is 25.5. The fraction of sp³-hybridized carbons (Fsp3) is 1.00. The predicted octanol–water partition coefficient (Wildman–Crippen LogP) is 1.30. The number of hydrogen-bond acceptors (Lipinski definition) is 0. The summed E-state index contributed by atoms with van der Waals surface area (Å²) in [6.45, 7) is 15.0. The van der Waals surface area contributed by atoms with Crippen LogP contribution in [0.5, 0.6) is 0 Å². The first-order chi connectivity index (χ1) is 8.24. The zero-order chi connectivity index (χ0) is 13.0. The Morgan fingerprint density at radius 1 is 0.579 bits per heavy atom. The fourth-order valence-corrected chi connectivity index (χ4v) is 2.64. The Balaban J connectivity index is -0.000000427.